The van der Waals surface area contributed by atoms with Crippen molar-refractivity contribution in [3.8, 4) is 0 Å². The fraction of sp³-hybridized carbons (Fsp3) is 0.500. The van der Waals surface area contributed by atoms with Gasteiger partial charge in [-0.25, -0.2) is 4.98 Å². The van der Waals surface area contributed by atoms with Crippen molar-refractivity contribution < 1.29 is 4.92 Å². The molecule has 15 heavy (non-hydrogen) atoms. The molecule has 1 heterocycles. The number of unbranched alkanes of at least 4 members (excludes halogenated alkanes) is 1. The molecule has 0 fully saturated rings. The van der Waals surface area contributed by atoms with E-state index in [0.717, 1.165) is 25.0 Å². The Kier molecular flexibility index (Phi) is 3.60. The monoisotopic (exact) mass is 209 g/mol. The Labute approximate surface area is 88.5 Å². The highest BCUT2D eigenvalue weighted by Crippen LogP contribution is 2.24. The predicted molar refractivity (Wildman–Crippen MR) is 58.7 cm³/mol. The first kappa shape index (κ1) is 11.4. The summed E-state index contributed by atoms with van der Waals surface area (Å²) in [6.07, 6.45) is 2.90. The largest absolute Gasteiger partial charge is 0.378 e. The zero-order valence-electron chi connectivity index (χ0n) is 8.99. The lowest BCUT2D eigenvalue weighted by Crippen LogP contribution is -2.03. The number of nitrogens with zero attached hydrogens (tertiary/aromatic N) is 2. The van der Waals surface area contributed by atoms with Crippen LogP contribution in [0.2, 0.25) is 0 Å². The van der Waals surface area contributed by atoms with Crippen LogP contribution in [0.5, 0.6) is 0 Å². The van der Waals surface area contributed by atoms with Gasteiger partial charge < -0.3 is 5.73 Å². The Balaban J connectivity index is 3.03. The molecule has 0 saturated carbocycles. The number of pyridine rings is 1. The summed E-state index contributed by atoms with van der Waals surface area (Å²) in [5.74, 6) is 0.0195. The van der Waals surface area contributed by atoms with Crippen LogP contribution in [-0.2, 0) is 6.42 Å². The second kappa shape index (κ2) is 4.72. The summed E-state index contributed by atoms with van der Waals surface area (Å²) in [5.41, 5.74) is 6.88. The summed E-state index contributed by atoms with van der Waals surface area (Å²) in [5, 5.41) is 10.7. The average Bonchev–Trinajstić information content (AvgIpc) is 2.12. The van der Waals surface area contributed by atoms with Crippen molar-refractivity contribution >= 4 is 11.5 Å². The van der Waals surface area contributed by atoms with Crippen molar-refractivity contribution in [3.63, 3.8) is 0 Å². The van der Waals surface area contributed by atoms with Gasteiger partial charge >= 0.3 is 5.69 Å². The lowest BCUT2D eigenvalue weighted by atomic mass is 10.1. The number of hydrogen-bond donors (Lipinski definition) is 1. The molecule has 0 aliphatic rings. The second-order valence-electron chi connectivity index (χ2n) is 3.53. The Bertz CT molecular complexity index is 354. The van der Waals surface area contributed by atoms with E-state index < -0.39 is 4.92 Å². The molecule has 1 rings (SSSR count). The van der Waals surface area contributed by atoms with Gasteiger partial charge in [0.25, 0.3) is 0 Å². The Hall–Kier alpha value is -1.65. The number of hydrogen-bond acceptors (Lipinski definition) is 4. The normalized spacial score (nSPS) is 10.3. The van der Waals surface area contributed by atoms with Crippen LogP contribution < -0.4 is 5.73 Å². The van der Waals surface area contributed by atoms with Gasteiger partial charge in [-0.05, 0) is 25.8 Å². The summed E-state index contributed by atoms with van der Waals surface area (Å²) in [4.78, 5) is 14.2. The van der Waals surface area contributed by atoms with E-state index in [0.29, 0.717) is 5.56 Å². The molecule has 82 valence electrons. The number of anilines is 1. The topological polar surface area (TPSA) is 82.0 Å². The van der Waals surface area contributed by atoms with Crippen LogP contribution in [0.15, 0.2) is 6.07 Å². The zero-order valence-corrected chi connectivity index (χ0v) is 8.99. The van der Waals surface area contributed by atoms with Crippen molar-refractivity contribution in [2.45, 2.75) is 33.1 Å². The van der Waals surface area contributed by atoms with Gasteiger partial charge in [0.15, 0.2) is 0 Å². The van der Waals surface area contributed by atoms with Crippen molar-refractivity contribution in [2.24, 2.45) is 0 Å². The molecule has 0 bridgehead atoms. The zero-order chi connectivity index (χ0) is 11.4. The number of nitrogens with two attached hydrogens (primary N) is 1. The number of nitrogen functional groups attached to an aromatic ring is 1. The molecule has 0 saturated heterocycles. The predicted octanol–water partition coefficient (Wildman–Crippen LogP) is 2.22. The quantitative estimate of drug-likeness (QED) is 0.608. The minimum absolute atomic E-state index is 0.0195. The fourth-order valence-electron chi connectivity index (χ4n) is 1.48. The Morgan fingerprint density at radius 3 is 2.73 bits per heavy atom. The van der Waals surface area contributed by atoms with E-state index in [2.05, 4.69) is 11.9 Å². The molecule has 0 aromatic carbocycles. The molecular formula is C10H15N3O2. The van der Waals surface area contributed by atoms with Crippen LogP contribution in [0.25, 0.3) is 0 Å². The summed E-state index contributed by atoms with van der Waals surface area (Å²) in [6.45, 7) is 3.77. The lowest BCUT2D eigenvalue weighted by Gasteiger charge is -2.04. The fourth-order valence-corrected chi connectivity index (χ4v) is 1.48. The first-order chi connectivity index (χ1) is 7.06. The van der Waals surface area contributed by atoms with Gasteiger partial charge in [-0.15, -0.1) is 0 Å². The van der Waals surface area contributed by atoms with E-state index in [-0.39, 0.29) is 11.5 Å². The summed E-state index contributed by atoms with van der Waals surface area (Å²) in [7, 11) is 0. The standard InChI is InChI=1S/C10H15N3O2/c1-3-4-5-8-6-7(2)9(13(14)15)10(11)12-8/h6H,3-5H2,1-2H3,(H2,11,12). The SMILES string of the molecule is CCCCc1cc(C)c([N+](=O)[O-])c(N)n1. The molecule has 0 atom stereocenters. The van der Waals surface area contributed by atoms with E-state index in [4.69, 9.17) is 5.73 Å². The minimum Gasteiger partial charge on any atom is -0.378 e. The molecule has 0 aliphatic carbocycles. The highest BCUT2D eigenvalue weighted by atomic mass is 16.6. The van der Waals surface area contributed by atoms with Crippen molar-refractivity contribution in [3.05, 3.63) is 27.4 Å². The Morgan fingerprint density at radius 2 is 2.27 bits per heavy atom. The first-order valence-electron chi connectivity index (χ1n) is 4.96. The molecule has 0 amide bonds. The molecule has 0 unspecified atom stereocenters. The maximum absolute atomic E-state index is 10.7. The highest BCUT2D eigenvalue weighted by Gasteiger charge is 2.17. The molecule has 0 spiro atoms. The maximum atomic E-state index is 10.7. The van der Waals surface area contributed by atoms with E-state index in [9.17, 15) is 10.1 Å². The van der Waals surface area contributed by atoms with E-state index in [1.807, 2.05) is 0 Å². The number of rotatable bonds is 4. The van der Waals surface area contributed by atoms with Crippen molar-refractivity contribution in [1.29, 1.82) is 0 Å². The number of aryl methyl sites for hydroxylation is 2. The molecule has 2 N–H and O–H groups in total. The first-order valence-corrected chi connectivity index (χ1v) is 4.96. The smallest absolute Gasteiger partial charge is 0.314 e. The van der Waals surface area contributed by atoms with Crippen LogP contribution in [0.1, 0.15) is 31.0 Å². The average molecular weight is 209 g/mol. The molecular weight excluding hydrogens is 194 g/mol. The van der Waals surface area contributed by atoms with Gasteiger partial charge in [-0.1, -0.05) is 13.3 Å². The van der Waals surface area contributed by atoms with Crippen LogP contribution in [0, 0.1) is 17.0 Å². The minimum atomic E-state index is -0.485. The lowest BCUT2D eigenvalue weighted by molar-refractivity contribution is -0.384. The van der Waals surface area contributed by atoms with Gasteiger partial charge in [-0.2, -0.15) is 0 Å². The Morgan fingerprint density at radius 1 is 1.60 bits per heavy atom. The molecule has 0 radical (unpaired) electrons. The molecule has 1 aromatic heterocycles. The molecule has 0 aliphatic heterocycles. The van der Waals surface area contributed by atoms with Crippen molar-refractivity contribution in [2.75, 3.05) is 5.73 Å². The van der Waals surface area contributed by atoms with E-state index >= 15 is 0 Å². The summed E-state index contributed by atoms with van der Waals surface area (Å²) >= 11 is 0. The van der Waals surface area contributed by atoms with Gasteiger partial charge in [0.05, 0.1) is 4.92 Å². The van der Waals surface area contributed by atoms with Crippen LogP contribution in [0.3, 0.4) is 0 Å². The molecule has 1 aromatic rings. The summed E-state index contributed by atoms with van der Waals surface area (Å²) < 4.78 is 0. The van der Waals surface area contributed by atoms with Crippen molar-refractivity contribution in [1.82, 2.24) is 4.98 Å². The molecule has 5 nitrogen and oxygen atoms in total. The van der Waals surface area contributed by atoms with Gasteiger partial charge in [-0.3, -0.25) is 10.1 Å². The van der Waals surface area contributed by atoms with Gasteiger partial charge in [0.2, 0.25) is 5.82 Å². The van der Waals surface area contributed by atoms with Crippen LogP contribution >= 0.6 is 0 Å². The highest BCUT2D eigenvalue weighted by molar-refractivity contribution is 5.57. The third-order valence-electron chi connectivity index (χ3n) is 2.23. The van der Waals surface area contributed by atoms with E-state index in [1.165, 1.54) is 0 Å². The molecule has 5 heteroatoms. The summed E-state index contributed by atoms with van der Waals surface area (Å²) in [6, 6.07) is 1.74. The van der Waals surface area contributed by atoms with Gasteiger partial charge in [0, 0.05) is 11.3 Å². The van der Waals surface area contributed by atoms with Gasteiger partial charge in [0.1, 0.15) is 0 Å². The second-order valence-corrected chi connectivity index (χ2v) is 3.53. The maximum Gasteiger partial charge on any atom is 0.314 e. The third-order valence-corrected chi connectivity index (χ3v) is 2.23. The van der Waals surface area contributed by atoms with Crippen LogP contribution in [-0.4, -0.2) is 9.91 Å². The van der Waals surface area contributed by atoms with E-state index in [1.54, 1.807) is 13.0 Å². The third kappa shape index (κ3) is 2.65. The number of aromatic nitrogens is 1. The number of nitro groups is 1. The van der Waals surface area contributed by atoms with Crippen LogP contribution in [0.4, 0.5) is 11.5 Å².